The number of nitrogens with one attached hydrogen (secondary N) is 1. The molecule has 0 aromatic carbocycles. The van der Waals surface area contributed by atoms with Gasteiger partial charge < -0.3 is 19.0 Å². The number of aliphatic hydroxyl groups is 1. The molecule has 0 unspecified atom stereocenters. The molecule has 3 heterocycles. The average Bonchev–Trinajstić information content (AvgIpc) is 3.42. The summed E-state index contributed by atoms with van der Waals surface area (Å²) < 4.78 is 19.1. The Morgan fingerprint density at radius 2 is 1.78 bits per heavy atom. The van der Waals surface area contributed by atoms with Gasteiger partial charge in [-0.1, -0.05) is 51.9 Å². The SMILES string of the molecule is CCCCCOCCCCCCCCCc1cc2cn([C@@H]3CC[C@H](CO)O3)c(=N)nc2o1. The van der Waals surface area contributed by atoms with Crippen molar-refractivity contribution in [2.75, 3.05) is 19.8 Å². The van der Waals surface area contributed by atoms with Gasteiger partial charge in [-0.15, -0.1) is 0 Å². The minimum atomic E-state index is -0.234. The largest absolute Gasteiger partial charge is 0.443 e. The van der Waals surface area contributed by atoms with Gasteiger partial charge in [0, 0.05) is 25.8 Å². The van der Waals surface area contributed by atoms with Crippen LogP contribution in [0.1, 0.15) is 96.0 Å². The summed E-state index contributed by atoms with van der Waals surface area (Å²) in [6.45, 7) is 4.08. The minimum absolute atomic E-state index is 0.0173. The summed E-state index contributed by atoms with van der Waals surface area (Å²) in [5.41, 5.74) is 0.656. The van der Waals surface area contributed by atoms with E-state index in [0.29, 0.717) is 5.71 Å². The molecule has 7 nitrogen and oxygen atoms in total. The number of nitrogens with zero attached hydrogens (tertiary/aromatic N) is 2. The standard InChI is InChI=1S/C25H41N3O4/c1-2-3-10-15-30-16-11-8-6-4-5-7-9-12-21-17-20-18-28(25(26)27-24(20)32-21)23-14-13-22(19-29)31-23/h17-18,22-23,26,29H,2-16,19H2,1H3/t22-,23+/m1/s1. The Morgan fingerprint density at radius 3 is 2.50 bits per heavy atom. The molecule has 180 valence electrons. The van der Waals surface area contributed by atoms with Crippen LogP contribution in [0, 0.1) is 5.41 Å². The third-order valence-electron chi connectivity index (χ3n) is 6.22. The lowest BCUT2D eigenvalue weighted by Gasteiger charge is -2.15. The number of unbranched alkanes of at least 4 members (excludes halogenated alkanes) is 8. The van der Waals surface area contributed by atoms with Crippen molar-refractivity contribution >= 4 is 11.1 Å². The fraction of sp³-hybridized carbons (Fsp3) is 0.760. The summed E-state index contributed by atoms with van der Waals surface area (Å²) in [6, 6.07) is 2.04. The van der Waals surface area contributed by atoms with Crippen LogP contribution in [0.25, 0.3) is 11.1 Å². The first-order valence-corrected chi connectivity index (χ1v) is 12.6. The van der Waals surface area contributed by atoms with Gasteiger partial charge in [-0.3, -0.25) is 9.98 Å². The normalized spacial score (nSPS) is 18.7. The van der Waals surface area contributed by atoms with Crippen molar-refractivity contribution in [1.82, 2.24) is 9.55 Å². The summed E-state index contributed by atoms with van der Waals surface area (Å²) in [7, 11) is 0. The van der Waals surface area contributed by atoms with Crippen LogP contribution in [-0.4, -0.2) is 40.6 Å². The lowest BCUT2D eigenvalue weighted by molar-refractivity contribution is -0.0249. The Hall–Kier alpha value is -1.70. The number of aliphatic hydroxyl groups excluding tert-OH is 1. The van der Waals surface area contributed by atoms with E-state index in [9.17, 15) is 5.11 Å². The van der Waals surface area contributed by atoms with Crippen molar-refractivity contribution in [2.45, 2.75) is 103 Å². The molecule has 1 aliphatic rings. The number of fused-ring (bicyclic) bond motifs is 1. The van der Waals surface area contributed by atoms with Gasteiger partial charge in [0.05, 0.1) is 18.1 Å². The molecule has 0 amide bonds. The van der Waals surface area contributed by atoms with Crippen LogP contribution >= 0.6 is 0 Å². The molecule has 1 saturated heterocycles. The summed E-state index contributed by atoms with van der Waals surface area (Å²) in [5, 5.41) is 18.4. The molecule has 0 radical (unpaired) electrons. The Kier molecular flexibility index (Phi) is 10.7. The van der Waals surface area contributed by atoms with Gasteiger partial charge in [-0.25, -0.2) is 0 Å². The number of furan rings is 1. The van der Waals surface area contributed by atoms with E-state index >= 15 is 0 Å². The van der Waals surface area contributed by atoms with E-state index in [1.807, 2.05) is 12.3 Å². The molecular formula is C25H41N3O4. The molecule has 0 bridgehead atoms. The lowest BCUT2D eigenvalue weighted by atomic mass is 10.1. The molecule has 0 saturated carbocycles. The highest BCUT2D eigenvalue weighted by atomic mass is 16.5. The maximum atomic E-state index is 9.28. The lowest BCUT2D eigenvalue weighted by Crippen LogP contribution is -2.27. The fourth-order valence-corrected chi connectivity index (χ4v) is 4.30. The average molecular weight is 448 g/mol. The first-order chi connectivity index (χ1) is 15.7. The van der Waals surface area contributed by atoms with E-state index in [1.165, 1.54) is 57.8 Å². The van der Waals surface area contributed by atoms with Gasteiger partial charge in [0.15, 0.2) is 0 Å². The predicted molar refractivity (Wildman–Crippen MR) is 124 cm³/mol. The topological polar surface area (TPSA) is 93.5 Å². The van der Waals surface area contributed by atoms with Crippen LogP contribution in [0.2, 0.25) is 0 Å². The van der Waals surface area contributed by atoms with Crippen molar-refractivity contribution < 1.29 is 19.0 Å². The number of aryl methyl sites for hydroxylation is 1. The Morgan fingerprint density at radius 1 is 1.06 bits per heavy atom. The molecule has 7 heteroatoms. The van der Waals surface area contributed by atoms with Crippen LogP contribution in [0.5, 0.6) is 0 Å². The quantitative estimate of drug-likeness (QED) is 0.342. The molecule has 0 spiro atoms. The second kappa shape index (κ2) is 13.8. The zero-order chi connectivity index (χ0) is 22.6. The second-order valence-electron chi connectivity index (χ2n) is 8.96. The van der Waals surface area contributed by atoms with Gasteiger partial charge >= 0.3 is 0 Å². The van der Waals surface area contributed by atoms with Crippen LogP contribution in [-0.2, 0) is 15.9 Å². The van der Waals surface area contributed by atoms with E-state index in [2.05, 4.69) is 11.9 Å². The maximum absolute atomic E-state index is 9.28. The van der Waals surface area contributed by atoms with Gasteiger partial charge in [-0.2, -0.15) is 4.98 Å². The van der Waals surface area contributed by atoms with Crippen molar-refractivity contribution in [3.8, 4) is 0 Å². The van der Waals surface area contributed by atoms with Gasteiger partial charge in [-0.05, 0) is 38.2 Å². The molecule has 3 rings (SSSR count). The van der Waals surface area contributed by atoms with Crippen LogP contribution in [0.15, 0.2) is 16.7 Å². The number of hydrogen-bond donors (Lipinski definition) is 2. The van der Waals surface area contributed by atoms with E-state index in [-0.39, 0.29) is 24.6 Å². The zero-order valence-corrected chi connectivity index (χ0v) is 19.7. The van der Waals surface area contributed by atoms with Crippen molar-refractivity contribution in [2.24, 2.45) is 0 Å². The highest BCUT2D eigenvalue weighted by Crippen LogP contribution is 2.28. The summed E-state index contributed by atoms with van der Waals surface area (Å²) in [5.74, 6) is 0.936. The number of rotatable bonds is 16. The zero-order valence-electron chi connectivity index (χ0n) is 19.7. The van der Waals surface area contributed by atoms with Gasteiger partial charge in [0.25, 0.3) is 0 Å². The van der Waals surface area contributed by atoms with E-state index in [0.717, 1.165) is 50.0 Å². The van der Waals surface area contributed by atoms with Crippen LogP contribution < -0.4 is 5.62 Å². The predicted octanol–water partition coefficient (Wildman–Crippen LogP) is 5.26. The highest BCUT2D eigenvalue weighted by molar-refractivity contribution is 5.72. The monoisotopic (exact) mass is 447 g/mol. The van der Waals surface area contributed by atoms with Crippen molar-refractivity contribution in [3.63, 3.8) is 0 Å². The fourth-order valence-electron chi connectivity index (χ4n) is 4.30. The molecule has 2 aromatic rings. The maximum Gasteiger partial charge on any atom is 0.230 e. The Balaban J connectivity index is 1.31. The van der Waals surface area contributed by atoms with E-state index in [4.69, 9.17) is 19.3 Å². The van der Waals surface area contributed by atoms with Crippen molar-refractivity contribution in [1.29, 1.82) is 5.41 Å². The molecular weight excluding hydrogens is 406 g/mol. The van der Waals surface area contributed by atoms with E-state index < -0.39 is 0 Å². The molecule has 32 heavy (non-hydrogen) atoms. The smallest absolute Gasteiger partial charge is 0.230 e. The third-order valence-corrected chi connectivity index (χ3v) is 6.22. The Bertz CT molecular complexity index is 847. The summed E-state index contributed by atoms with van der Waals surface area (Å²) in [6.07, 6.45) is 16.3. The first kappa shape index (κ1) is 24.9. The number of ether oxygens (including phenoxy) is 2. The van der Waals surface area contributed by atoms with E-state index in [1.54, 1.807) is 4.57 Å². The van der Waals surface area contributed by atoms with Gasteiger partial charge in [0.1, 0.15) is 12.0 Å². The number of hydrogen-bond acceptors (Lipinski definition) is 6. The van der Waals surface area contributed by atoms with Crippen molar-refractivity contribution in [3.05, 3.63) is 23.6 Å². The highest BCUT2D eigenvalue weighted by Gasteiger charge is 2.26. The molecule has 0 aliphatic carbocycles. The molecule has 2 aromatic heterocycles. The number of aromatic nitrogens is 2. The molecule has 2 atom stereocenters. The minimum Gasteiger partial charge on any atom is -0.443 e. The first-order valence-electron chi connectivity index (χ1n) is 12.6. The van der Waals surface area contributed by atoms with Gasteiger partial charge in [0.2, 0.25) is 11.3 Å². The van der Waals surface area contributed by atoms with Crippen LogP contribution in [0.4, 0.5) is 0 Å². The molecule has 1 fully saturated rings. The summed E-state index contributed by atoms with van der Waals surface area (Å²) in [4.78, 5) is 4.32. The molecule has 1 aliphatic heterocycles. The van der Waals surface area contributed by atoms with Crippen LogP contribution in [0.3, 0.4) is 0 Å². The second-order valence-corrected chi connectivity index (χ2v) is 8.96. The molecule has 2 N–H and O–H groups in total. The Labute approximate surface area is 191 Å². The summed E-state index contributed by atoms with van der Waals surface area (Å²) >= 11 is 0. The third kappa shape index (κ3) is 7.71.